The smallest absolute Gasteiger partial charge is 0.243 e. The molecule has 2 aliphatic rings. The van der Waals surface area contributed by atoms with Gasteiger partial charge in [0, 0.05) is 31.2 Å². The largest absolute Gasteiger partial charge is 0.492 e. The van der Waals surface area contributed by atoms with Crippen LogP contribution in [0.2, 0.25) is 5.02 Å². The highest BCUT2D eigenvalue weighted by Crippen LogP contribution is 2.24. The molecule has 2 fully saturated rings. The molecule has 1 N–H and O–H groups in total. The van der Waals surface area contributed by atoms with E-state index < -0.39 is 26.0 Å². The van der Waals surface area contributed by atoms with Crippen LogP contribution in [0.5, 0.6) is 5.75 Å². The van der Waals surface area contributed by atoms with E-state index in [0.717, 1.165) is 19.3 Å². The highest BCUT2D eigenvalue weighted by Gasteiger charge is 2.32. The molecule has 0 spiro atoms. The molecule has 1 atom stereocenters. The second kappa shape index (κ2) is 12.8. The SMILES string of the molecule is O=C(NCCOc1ccc(S(=O)(=O)N2CCCCC2)cc1)[C@@H]1CCCN(S(=O)(=O)Cc2ccc(Cl)cc2)C1. The van der Waals surface area contributed by atoms with Crippen LogP contribution in [0.4, 0.5) is 0 Å². The first-order valence-electron chi connectivity index (χ1n) is 12.9. The van der Waals surface area contributed by atoms with E-state index in [2.05, 4.69) is 5.32 Å². The van der Waals surface area contributed by atoms with Crippen LogP contribution in [-0.2, 0) is 30.6 Å². The fourth-order valence-electron chi connectivity index (χ4n) is 4.74. The Labute approximate surface area is 230 Å². The van der Waals surface area contributed by atoms with Crippen molar-refractivity contribution in [2.75, 3.05) is 39.3 Å². The number of piperidine rings is 2. The van der Waals surface area contributed by atoms with Crippen molar-refractivity contribution in [2.24, 2.45) is 5.92 Å². The van der Waals surface area contributed by atoms with Gasteiger partial charge in [0.2, 0.25) is 26.0 Å². The number of amides is 1. The molecule has 208 valence electrons. The highest BCUT2D eigenvalue weighted by atomic mass is 35.5. The number of benzene rings is 2. The summed E-state index contributed by atoms with van der Waals surface area (Å²) in [6.45, 7) is 2.10. The van der Waals surface area contributed by atoms with Crippen molar-refractivity contribution in [2.45, 2.75) is 42.8 Å². The Hall–Kier alpha value is -2.18. The van der Waals surface area contributed by atoms with E-state index >= 15 is 0 Å². The Morgan fingerprint density at radius 1 is 0.895 bits per heavy atom. The lowest BCUT2D eigenvalue weighted by atomic mass is 9.99. The molecule has 1 amide bonds. The zero-order valence-corrected chi connectivity index (χ0v) is 23.6. The molecule has 0 unspecified atom stereocenters. The van der Waals surface area contributed by atoms with E-state index in [0.29, 0.717) is 48.8 Å². The molecule has 38 heavy (non-hydrogen) atoms. The van der Waals surface area contributed by atoms with Gasteiger partial charge >= 0.3 is 0 Å². The summed E-state index contributed by atoms with van der Waals surface area (Å²) >= 11 is 5.89. The molecular weight excluding hydrogens is 550 g/mol. The predicted octanol–water partition coefficient (Wildman–Crippen LogP) is 3.25. The summed E-state index contributed by atoms with van der Waals surface area (Å²) in [4.78, 5) is 13.0. The molecule has 0 bridgehead atoms. The van der Waals surface area contributed by atoms with Crippen molar-refractivity contribution < 1.29 is 26.4 Å². The summed E-state index contributed by atoms with van der Waals surface area (Å²) in [5, 5.41) is 3.37. The van der Waals surface area contributed by atoms with E-state index in [-0.39, 0.29) is 36.3 Å². The third kappa shape index (κ3) is 7.47. The number of hydrogen-bond donors (Lipinski definition) is 1. The quantitative estimate of drug-likeness (QED) is 0.430. The second-order valence-corrected chi connectivity index (χ2v) is 14.0. The summed E-state index contributed by atoms with van der Waals surface area (Å²) in [5.74, 6) is -0.259. The number of halogens is 1. The monoisotopic (exact) mass is 583 g/mol. The van der Waals surface area contributed by atoms with Crippen molar-refractivity contribution in [3.8, 4) is 5.75 Å². The van der Waals surface area contributed by atoms with Crippen LogP contribution in [0.15, 0.2) is 53.4 Å². The van der Waals surface area contributed by atoms with Gasteiger partial charge in [-0.25, -0.2) is 21.1 Å². The molecule has 0 aromatic heterocycles. The number of rotatable bonds is 10. The highest BCUT2D eigenvalue weighted by molar-refractivity contribution is 7.89. The summed E-state index contributed by atoms with van der Waals surface area (Å²) in [5.41, 5.74) is 0.648. The zero-order valence-electron chi connectivity index (χ0n) is 21.2. The topological polar surface area (TPSA) is 113 Å². The molecule has 0 saturated carbocycles. The molecule has 2 saturated heterocycles. The van der Waals surface area contributed by atoms with Gasteiger partial charge < -0.3 is 10.1 Å². The number of hydrogen-bond acceptors (Lipinski definition) is 6. The Balaban J connectivity index is 1.22. The summed E-state index contributed by atoms with van der Waals surface area (Å²) in [7, 11) is -7.05. The van der Waals surface area contributed by atoms with Gasteiger partial charge in [0.1, 0.15) is 12.4 Å². The van der Waals surface area contributed by atoms with Crippen LogP contribution in [0.3, 0.4) is 0 Å². The van der Waals surface area contributed by atoms with Crippen molar-refractivity contribution >= 4 is 37.6 Å². The van der Waals surface area contributed by atoms with E-state index in [1.165, 1.54) is 8.61 Å². The molecule has 0 aliphatic carbocycles. The maximum absolute atomic E-state index is 12.9. The van der Waals surface area contributed by atoms with Gasteiger partial charge in [0.05, 0.1) is 23.1 Å². The van der Waals surface area contributed by atoms with Crippen LogP contribution < -0.4 is 10.1 Å². The fraction of sp³-hybridized carbons (Fsp3) is 0.500. The number of sulfonamides is 2. The minimum Gasteiger partial charge on any atom is -0.492 e. The average molecular weight is 584 g/mol. The molecule has 0 radical (unpaired) electrons. The summed E-state index contributed by atoms with van der Waals surface area (Å²) in [6.07, 6.45) is 4.04. The summed E-state index contributed by atoms with van der Waals surface area (Å²) < 4.78 is 59.9. The molecule has 4 rings (SSSR count). The lowest BCUT2D eigenvalue weighted by Gasteiger charge is -2.31. The molecule has 2 heterocycles. The first kappa shape index (κ1) is 28.8. The maximum Gasteiger partial charge on any atom is 0.243 e. The van der Waals surface area contributed by atoms with Gasteiger partial charge in [0.15, 0.2) is 0 Å². The molecule has 12 heteroatoms. The van der Waals surface area contributed by atoms with Crippen LogP contribution in [0.1, 0.15) is 37.7 Å². The van der Waals surface area contributed by atoms with Crippen LogP contribution in [-0.4, -0.2) is 70.7 Å². The van der Waals surface area contributed by atoms with E-state index in [9.17, 15) is 21.6 Å². The first-order chi connectivity index (χ1) is 18.1. The number of carbonyl (C=O) groups excluding carboxylic acids is 1. The van der Waals surface area contributed by atoms with Crippen molar-refractivity contribution in [3.63, 3.8) is 0 Å². The summed E-state index contributed by atoms with van der Waals surface area (Å²) in [6, 6.07) is 13.0. The third-order valence-corrected chi connectivity index (χ3v) is 10.8. The molecule has 9 nitrogen and oxygen atoms in total. The fourth-order valence-corrected chi connectivity index (χ4v) is 7.99. The van der Waals surface area contributed by atoms with Gasteiger partial charge in [0.25, 0.3) is 0 Å². The second-order valence-electron chi connectivity index (χ2n) is 9.66. The first-order valence-corrected chi connectivity index (χ1v) is 16.3. The number of carbonyl (C=O) groups is 1. The van der Waals surface area contributed by atoms with Crippen molar-refractivity contribution in [3.05, 3.63) is 59.1 Å². The zero-order chi connectivity index (χ0) is 27.2. The molecule has 2 aromatic carbocycles. The predicted molar refractivity (Wildman–Crippen MR) is 146 cm³/mol. The van der Waals surface area contributed by atoms with Gasteiger partial charge in [-0.15, -0.1) is 0 Å². The lowest BCUT2D eigenvalue weighted by molar-refractivity contribution is -0.126. The van der Waals surface area contributed by atoms with Gasteiger partial charge in [-0.3, -0.25) is 4.79 Å². The minimum atomic E-state index is -3.56. The van der Waals surface area contributed by atoms with E-state index in [4.69, 9.17) is 16.3 Å². The standard InChI is InChI=1S/C26H34ClN3O6S2/c27-23-8-6-21(7-9-23)20-37(32,33)30-17-4-5-22(19-30)26(31)28-14-18-36-24-10-12-25(13-11-24)38(34,35)29-15-2-1-3-16-29/h6-13,22H,1-5,14-20H2,(H,28,31)/t22-/m1/s1. The van der Waals surface area contributed by atoms with Crippen LogP contribution >= 0.6 is 11.6 Å². The number of ether oxygens (including phenoxy) is 1. The Kier molecular flexibility index (Phi) is 9.69. The van der Waals surface area contributed by atoms with E-state index in [1.54, 1.807) is 48.5 Å². The maximum atomic E-state index is 12.9. The number of nitrogens with zero attached hydrogens (tertiary/aromatic N) is 2. The lowest BCUT2D eigenvalue weighted by Crippen LogP contribution is -2.46. The van der Waals surface area contributed by atoms with Crippen molar-refractivity contribution in [1.29, 1.82) is 0 Å². The third-order valence-electron chi connectivity index (χ3n) is 6.86. The van der Waals surface area contributed by atoms with E-state index in [1.807, 2.05) is 0 Å². The minimum absolute atomic E-state index is 0.134. The van der Waals surface area contributed by atoms with Gasteiger partial charge in [-0.05, 0) is 67.6 Å². The van der Waals surface area contributed by atoms with Crippen LogP contribution in [0, 0.1) is 5.92 Å². The average Bonchev–Trinajstić information content (AvgIpc) is 2.93. The molecular formula is C26H34ClN3O6S2. The normalized spacial score (nSPS) is 19.7. The van der Waals surface area contributed by atoms with Gasteiger partial charge in [-0.1, -0.05) is 30.2 Å². The Bertz CT molecular complexity index is 1300. The van der Waals surface area contributed by atoms with Crippen molar-refractivity contribution in [1.82, 2.24) is 13.9 Å². The molecule has 2 aromatic rings. The molecule has 2 aliphatic heterocycles. The Morgan fingerprint density at radius 3 is 2.24 bits per heavy atom. The van der Waals surface area contributed by atoms with Crippen LogP contribution in [0.25, 0.3) is 0 Å². The van der Waals surface area contributed by atoms with Gasteiger partial charge in [-0.2, -0.15) is 4.31 Å². The number of nitrogens with one attached hydrogen (secondary N) is 1. The Morgan fingerprint density at radius 2 is 1.55 bits per heavy atom.